The van der Waals surface area contributed by atoms with Crippen molar-refractivity contribution >= 4 is 12.4 Å². The minimum absolute atomic E-state index is 0. The van der Waals surface area contributed by atoms with Crippen LogP contribution in [0.3, 0.4) is 0 Å². The van der Waals surface area contributed by atoms with Crippen LogP contribution in [0.25, 0.3) is 0 Å². The molecule has 1 rings (SSSR count). The van der Waals surface area contributed by atoms with E-state index >= 15 is 0 Å². The zero-order valence-electron chi connectivity index (χ0n) is 8.39. The van der Waals surface area contributed by atoms with Crippen LogP contribution in [0.2, 0.25) is 0 Å². The first kappa shape index (κ1) is 14.0. The molecule has 6 N–H and O–H groups in total. The van der Waals surface area contributed by atoms with E-state index in [1.807, 2.05) is 0 Å². The molecule has 0 spiro atoms. The molecule has 0 saturated carbocycles. The van der Waals surface area contributed by atoms with Crippen molar-refractivity contribution in [3.05, 3.63) is 23.8 Å². The van der Waals surface area contributed by atoms with Gasteiger partial charge in [-0.3, -0.25) is 0 Å². The lowest BCUT2D eigenvalue weighted by Crippen LogP contribution is -2.12. The van der Waals surface area contributed by atoms with Crippen LogP contribution >= 0.6 is 12.4 Å². The minimum atomic E-state index is -0.223. The Morgan fingerprint density at radius 2 is 1.93 bits per heavy atom. The second-order valence-electron chi connectivity index (χ2n) is 3.28. The molecule has 5 heteroatoms. The summed E-state index contributed by atoms with van der Waals surface area (Å²) >= 11 is 0. The lowest BCUT2D eigenvalue weighted by molar-refractivity contribution is 0.439. The SMILES string of the molecule is Cl.NCCC[C@H](N)c1ccc(O)cc1O. The van der Waals surface area contributed by atoms with Crippen LogP contribution in [0, 0.1) is 0 Å². The molecule has 0 aromatic heterocycles. The highest BCUT2D eigenvalue weighted by atomic mass is 35.5. The highest BCUT2D eigenvalue weighted by molar-refractivity contribution is 5.85. The Morgan fingerprint density at radius 3 is 2.47 bits per heavy atom. The molecule has 0 bridgehead atoms. The normalized spacial score (nSPS) is 11.9. The van der Waals surface area contributed by atoms with E-state index in [4.69, 9.17) is 16.6 Å². The second kappa shape index (κ2) is 6.50. The van der Waals surface area contributed by atoms with Gasteiger partial charge in [0.05, 0.1) is 0 Å². The minimum Gasteiger partial charge on any atom is -0.508 e. The number of hydrogen-bond donors (Lipinski definition) is 4. The van der Waals surface area contributed by atoms with Gasteiger partial charge < -0.3 is 21.7 Å². The first-order chi connectivity index (χ1) is 6.65. The molecule has 0 amide bonds. The predicted octanol–water partition coefficient (Wildman–Crippen LogP) is 1.26. The highest BCUT2D eigenvalue weighted by Gasteiger charge is 2.10. The second-order valence-corrected chi connectivity index (χ2v) is 3.28. The van der Waals surface area contributed by atoms with Crippen molar-refractivity contribution in [1.29, 1.82) is 0 Å². The van der Waals surface area contributed by atoms with Gasteiger partial charge in [-0.2, -0.15) is 0 Å². The Hall–Kier alpha value is -0.970. The van der Waals surface area contributed by atoms with Crippen molar-refractivity contribution in [2.24, 2.45) is 11.5 Å². The first-order valence-corrected chi connectivity index (χ1v) is 4.62. The third-order valence-corrected chi connectivity index (χ3v) is 2.13. The standard InChI is InChI=1S/C10H16N2O2.ClH/c11-5-1-2-9(12)8-4-3-7(13)6-10(8)14;/h3-4,6,9,13-14H,1-2,5,11-12H2;1H/t9-;/m0./s1. The van der Waals surface area contributed by atoms with E-state index < -0.39 is 0 Å². The number of benzene rings is 1. The number of halogens is 1. The maximum atomic E-state index is 9.49. The third-order valence-electron chi connectivity index (χ3n) is 2.13. The molecule has 0 saturated heterocycles. The average molecular weight is 233 g/mol. The molecule has 86 valence electrons. The Balaban J connectivity index is 0.00000196. The maximum absolute atomic E-state index is 9.49. The lowest BCUT2D eigenvalue weighted by Gasteiger charge is -2.12. The molecule has 0 aliphatic heterocycles. The highest BCUT2D eigenvalue weighted by Crippen LogP contribution is 2.28. The van der Waals surface area contributed by atoms with E-state index in [0.717, 1.165) is 12.8 Å². The molecule has 0 aliphatic carbocycles. The fourth-order valence-corrected chi connectivity index (χ4v) is 1.34. The van der Waals surface area contributed by atoms with E-state index in [1.54, 1.807) is 6.07 Å². The fraction of sp³-hybridized carbons (Fsp3) is 0.400. The Kier molecular flexibility index (Phi) is 6.08. The molecule has 1 aromatic carbocycles. The van der Waals surface area contributed by atoms with Gasteiger partial charge in [-0.15, -0.1) is 12.4 Å². The van der Waals surface area contributed by atoms with Gasteiger partial charge >= 0.3 is 0 Å². The van der Waals surface area contributed by atoms with Crippen LogP contribution in [0.4, 0.5) is 0 Å². The zero-order chi connectivity index (χ0) is 10.6. The molecule has 1 aromatic rings. The van der Waals surface area contributed by atoms with E-state index in [9.17, 15) is 5.11 Å². The van der Waals surface area contributed by atoms with Gasteiger partial charge in [0.15, 0.2) is 0 Å². The van der Waals surface area contributed by atoms with Crippen molar-refractivity contribution < 1.29 is 10.2 Å². The van der Waals surface area contributed by atoms with Crippen molar-refractivity contribution in [3.8, 4) is 11.5 Å². The van der Waals surface area contributed by atoms with Gasteiger partial charge in [0.25, 0.3) is 0 Å². The summed E-state index contributed by atoms with van der Waals surface area (Å²) in [5, 5.41) is 18.6. The lowest BCUT2D eigenvalue weighted by atomic mass is 10.0. The third kappa shape index (κ3) is 3.95. The maximum Gasteiger partial charge on any atom is 0.124 e. The summed E-state index contributed by atoms with van der Waals surface area (Å²) < 4.78 is 0. The molecule has 15 heavy (non-hydrogen) atoms. The number of nitrogens with two attached hydrogens (primary N) is 2. The van der Waals surface area contributed by atoms with Crippen LogP contribution in [-0.2, 0) is 0 Å². The van der Waals surface area contributed by atoms with Gasteiger partial charge in [-0.25, -0.2) is 0 Å². The first-order valence-electron chi connectivity index (χ1n) is 4.62. The fourth-order valence-electron chi connectivity index (χ4n) is 1.34. The van der Waals surface area contributed by atoms with Crippen LogP contribution in [0.15, 0.2) is 18.2 Å². The molecular formula is C10H17ClN2O2. The van der Waals surface area contributed by atoms with Gasteiger partial charge in [0.2, 0.25) is 0 Å². The quantitative estimate of drug-likeness (QED) is 0.629. The summed E-state index contributed by atoms with van der Waals surface area (Å²) in [6.07, 6.45) is 1.55. The summed E-state index contributed by atoms with van der Waals surface area (Å²) in [7, 11) is 0. The van der Waals surface area contributed by atoms with Crippen LogP contribution < -0.4 is 11.5 Å². The van der Waals surface area contributed by atoms with Crippen molar-refractivity contribution in [2.75, 3.05) is 6.54 Å². The number of phenols is 2. The van der Waals surface area contributed by atoms with Gasteiger partial charge in [-0.05, 0) is 25.5 Å². The number of aromatic hydroxyl groups is 2. The molecule has 0 fully saturated rings. The summed E-state index contributed by atoms with van der Waals surface area (Å²) in [5.74, 6) is 0.0757. The van der Waals surface area contributed by atoms with Crippen LogP contribution in [0.5, 0.6) is 11.5 Å². The van der Waals surface area contributed by atoms with E-state index in [-0.39, 0.29) is 29.9 Å². The van der Waals surface area contributed by atoms with E-state index in [2.05, 4.69) is 0 Å². The topological polar surface area (TPSA) is 92.5 Å². The van der Waals surface area contributed by atoms with Crippen molar-refractivity contribution in [3.63, 3.8) is 0 Å². The van der Waals surface area contributed by atoms with Gasteiger partial charge in [0.1, 0.15) is 11.5 Å². The van der Waals surface area contributed by atoms with Gasteiger partial charge in [-0.1, -0.05) is 6.07 Å². The monoisotopic (exact) mass is 232 g/mol. The van der Waals surface area contributed by atoms with E-state index in [1.165, 1.54) is 12.1 Å². The molecule has 1 atom stereocenters. The van der Waals surface area contributed by atoms with E-state index in [0.29, 0.717) is 12.1 Å². The summed E-state index contributed by atoms with van der Waals surface area (Å²) in [6, 6.07) is 4.21. The number of phenolic OH excluding ortho intramolecular Hbond substituents is 2. The largest absolute Gasteiger partial charge is 0.508 e. The summed E-state index contributed by atoms with van der Waals surface area (Å²) in [4.78, 5) is 0. The molecule has 0 heterocycles. The predicted molar refractivity (Wildman–Crippen MR) is 62.2 cm³/mol. The number of rotatable bonds is 4. The van der Waals surface area contributed by atoms with Crippen LogP contribution in [-0.4, -0.2) is 16.8 Å². The molecule has 0 aliphatic rings. The summed E-state index contributed by atoms with van der Waals surface area (Å²) in [6.45, 7) is 0.590. The molecule has 0 unspecified atom stereocenters. The Labute approximate surface area is 95.3 Å². The van der Waals surface area contributed by atoms with Crippen molar-refractivity contribution in [2.45, 2.75) is 18.9 Å². The smallest absolute Gasteiger partial charge is 0.124 e. The number of hydrogen-bond acceptors (Lipinski definition) is 4. The molecule has 0 radical (unpaired) electrons. The Bertz CT molecular complexity index is 307. The Morgan fingerprint density at radius 1 is 1.27 bits per heavy atom. The molecular weight excluding hydrogens is 216 g/mol. The average Bonchev–Trinajstić information content (AvgIpc) is 2.14. The van der Waals surface area contributed by atoms with Crippen LogP contribution in [0.1, 0.15) is 24.4 Å². The van der Waals surface area contributed by atoms with Gasteiger partial charge in [0, 0.05) is 17.7 Å². The molecule has 4 nitrogen and oxygen atoms in total. The van der Waals surface area contributed by atoms with Crippen molar-refractivity contribution in [1.82, 2.24) is 0 Å². The zero-order valence-corrected chi connectivity index (χ0v) is 9.20. The summed E-state index contributed by atoms with van der Waals surface area (Å²) in [5.41, 5.74) is 11.8.